The summed E-state index contributed by atoms with van der Waals surface area (Å²) < 4.78 is 5.87. The van der Waals surface area contributed by atoms with Gasteiger partial charge in [0, 0.05) is 11.6 Å². The van der Waals surface area contributed by atoms with Crippen LogP contribution < -0.4 is 10.1 Å². The van der Waals surface area contributed by atoms with Gasteiger partial charge in [-0.2, -0.15) is 0 Å². The molecule has 1 amide bonds. The Labute approximate surface area is 147 Å². The molecule has 1 aromatic carbocycles. The lowest BCUT2D eigenvalue weighted by molar-refractivity contribution is 0.0929. The Morgan fingerprint density at radius 1 is 1.21 bits per heavy atom. The van der Waals surface area contributed by atoms with Crippen LogP contribution in [0.25, 0.3) is 0 Å². The fourth-order valence-corrected chi connectivity index (χ4v) is 3.36. The number of aryl methyl sites for hydroxylation is 1. The van der Waals surface area contributed by atoms with E-state index in [9.17, 15) is 4.79 Å². The molecule has 0 spiro atoms. The van der Waals surface area contributed by atoms with Crippen molar-refractivity contribution >= 4 is 5.91 Å². The predicted octanol–water partition coefficient (Wildman–Crippen LogP) is 5.13. The summed E-state index contributed by atoms with van der Waals surface area (Å²) in [5, 5.41) is 3.20. The highest BCUT2D eigenvalue weighted by Crippen LogP contribution is 2.27. The van der Waals surface area contributed by atoms with E-state index in [4.69, 9.17) is 4.74 Å². The highest BCUT2D eigenvalue weighted by Gasteiger charge is 2.25. The van der Waals surface area contributed by atoms with Crippen LogP contribution in [0.5, 0.6) is 5.75 Å². The number of nitrogens with one attached hydrogen (secondary N) is 1. The Hall–Kier alpha value is -1.51. The van der Waals surface area contributed by atoms with Gasteiger partial charge in [0.2, 0.25) is 0 Å². The van der Waals surface area contributed by atoms with Crippen LogP contribution in [0, 0.1) is 5.41 Å². The highest BCUT2D eigenvalue weighted by atomic mass is 16.5. The number of carbonyl (C=O) groups excluding carboxylic acids is 1. The zero-order chi connectivity index (χ0) is 17.6. The summed E-state index contributed by atoms with van der Waals surface area (Å²) in [7, 11) is 0. The number of carbonyl (C=O) groups is 1. The third-order valence-corrected chi connectivity index (χ3v) is 4.54. The summed E-state index contributed by atoms with van der Waals surface area (Å²) in [6, 6.07) is 6.17. The molecule has 0 aromatic heterocycles. The number of amides is 1. The molecule has 1 aliphatic heterocycles. The number of benzene rings is 1. The van der Waals surface area contributed by atoms with Crippen molar-refractivity contribution in [3.63, 3.8) is 0 Å². The average molecular weight is 332 g/mol. The molecule has 1 heterocycles. The van der Waals surface area contributed by atoms with Crippen molar-refractivity contribution in [1.82, 2.24) is 5.32 Å². The van der Waals surface area contributed by atoms with Crippen molar-refractivity contribution in [2.75, 3.05) is 6.61 Å². The molecule has 24 heavy (non-hydrogen) atoms. The number of ether oxygens (including phenoxy) is 1. The van der Waals surface area contributed by atoms with Crippen LogP contribution >= 0.6 is 0 Å². The Balaban J connectivity index is 1.97. The normalized spacial score (nSPS) is 17.8. The molecule has 0 saturated carbocycles. The minimum absolute atomic E-state index is 0.0613. The number of rotatable bonds is 7. The zero-order valence-electron chi connectivity index (χ0n) is 15.8. The average Bonchev–Trinajstić information content (AvgIpc) is 2.65. The van der Waals surface area contributed by atoms with Crippen LogP contribution in [0.3, 0.4) is 0 Å². The van der Waals surface area contributed by atoms with Gasteiger partial charge >= 0.3 is 0 Å². The molecule has 1 unspecified atom stereocenters. The van der Waals surface area contributed by atoms with E-state index in [-0.39, 0.29) is 17.4 Å². The van der Waals surface area contributed by atoms with Crippen LogP contribution in [0.1, 0.15) is 82.1 Å². The maximum atomic E-state index is 12.5. The fraction of sp³-hybridized carbons (Fsp3) is 0.667. The van der Waals surface area contributed by atoms with E-state index in [1.807, 2.05) is 12.1 Å². The van der Waals surface area contributed by atoms with Crippen LogP contribution in [-0.2, 0) is 6.42 Å². The van der Waals surface area contributed by atoms with Gasteiger partial charge in [-0.15, -0.1) is 0 Å². The van der Waals surface area contributed by atoms with Crippen LogP contribution in [0.2, 0.25) is 0 Å². The van der Waals surface area contributed by atoms with Crippen molar-refractivity contribution < 1.29 is 9.53 Å². The van der Waals surface area contributed by atoms with E-state index in [1.165, 1.54) is 19.3 Å². The van der Waals surface area contributed by atoms with E-state index in [0.29, 0.717) is 0 Å². The second kappa shape index (κ2) is 8.55. The van der Waals surface area contributed by atoms with Crippen molar-refractivity contribution in [3.05, 3.63) is 29.3 Å². The first-order chi connectivity index (χ1) is 11.4. The standard InChI is InChI=1S/C21H33NO2/c1-5-6-7-8-13-24-18-11-12-19-16(14-18)9-10-17(22-20(19)23)15-21(2,3)4/h11-12,14,17H,5-10,13,15H2,1-4H3,(H,22,23). The molecule has 0 fully saturated rings. The molecular formula is C21H33NO2. The number of hydrogen-bond donors (Lipinski definition) is 1. The first kappa shape index (κ1) is 18.8. The van der Waals surface area contributed by atoms with Crippen molar-refractivity contribution in [2.45, 2.75) is 78.7 Å². The van der Waals surface area contributed by atoms with E-state index >= 15 is 0 Å². The molecule has 3 nitrogen and oxygen atoms in total. The number of hydrogen-bond acceptors (Lipinski definition) is 2. The van der Waals surface area contributed by atoms with Crippen LogP contribution in [-0.4, -0.2) is 18.6 Å². The van der Waals surface area contributed by atoms with Gasteiger partial charge in [-0.1, -0.05) is 47.0 Å². The quantitative estimate of drug-likeness (QED) is 0.704. The lowest BCUT2D eigenvalue weighted by atomic mass is 9.86. The van der Waals surface area contributed by atoms with Gasteiger partial charge in [-0.25, -0.2) is 0 Å². The lowest BCUT2D eigenvalue weighted by Crippen LogP contribution is -2.36. The fourth-order valence-electron chi connectivity index (χ4n) is 3.36. The Morgan fingerprint density at radius 3 is 2.71 bits per heavy atom. The molecule has 134 valence electrons. The maximum absolute atomic E-state index is 12.5. The van der Waals surface area contributed by atoms with Gasteiger partial charge in [0.15, 0.2) is 0 Å². The van der Waals surface area contributed by atoms with Gasteiger partial charge < -0.3 is 10.1 Å². The van der Waals surface area contributed by atoms with Crippen LogP contribution in [0.15, 0.2) is 18.2 Å². The lowest BCUT2D eigenvalue weighted by Gasteiger charge is -2.25. The van der Waals surface area contributed by atoms with Crippen molar-refractivity contribution in [1.29, 1.82) is 0 Å². The molecule has 3 heteroatoms. The topological polar surface area (TPSA) is 38.3 Å². The van der Waals surface area contributed by atoms with Crippen LogP contribution in [0.4, 0.5) is 0 Å². The first-order valence-corrected chi connectivity index (χ1v) is 9.45. The van der Waals surface area contributed by atoms with Gasteiger partial charge in [-0.3, -0.25) is 4.79 Å². The molecule has 1 N–H and O–H groups in total. The van der Waals surface area contributed by atoms with Gasteiger partial charge in [0.1, 0.15) is 5.75 Å². The summed E-state index contributed by atoms with van der Waals surface area (Å²) in [4.78, 5) is 12.5. The summed E-state index contributed by atoms with van der Waals surface area (Å²) in [6.07, 6.45) is 7.76. The van der Waals surface area contributed by atoms with E-state index in [0.717, 1.165) is 49.2 Å². The third kappa shape index (κ3) is 5.85. The summed E-state index contributed by atoms with van der Waals surface area (Å²) >= 11 is 0. The molecular weight excluding hydrogens is 298 g/mol. The number of fused-ring (bicyclic) bond motifs is 1. The highest BCUT2D eigenvalue weighted by molar-refractivity contribution is 5.96. The molecule has 2 rings (SSSR count). The maximum Gasteiger partial charge on any atom is 0.251 e. The SMILES string of the molecule is CCCCCCOc1ccc2c(c1)CCC(CC(C)(C)C)NC2=O. The second-order valence-electron chi connectivity index (χ2n) is 8.20. The largest absolute Gasteiger partial charge is 0.494 e. The van der Waals surface area contributed by atoms with Gasteiger partial charge in [0.25, 0.3) is 5.91 Å². The van der Waals surface area contributed by atoms with Gasteiger partial charge in [0.05, 0.1) is 6.61 Å². The number of unbranched alkanes of at least 4 members (excludes halogenated alkanes) is 3. The molecule has 1 aliphatic rings. The summed E-state index contributed by atoms with van der Waals surface area (Å²) in [6.45, 7) is 9.65. The molecule has 0 radical (unpaired) electrons. The molecule has 0 aliphatic carbocycles. The summed E-state index contributed by atoms with van der Waals surface area (Å²) in [5.41, 5.74) is 2.15. The molecule has 0 saturated heterocycles. The van der Waals surface area contributed by atoms with E-state index in [2.05, 4.69) is 39.1 Å². The monoisotopic (exact) mass is 331 g/mol. The summed E-state index contributed by atoms with van der Waals surface area (Å²) in [5.74, 6) is 0.957. The van der Waals surface area contributed by atoms with Gasteiger partial charge in [-0.05, 0) is 54.9 Å². The van der Waals surface area contributed by atoms with E-state index in [1.54, 1.807) is 0 Å². The minimum Gasteiger partial charge on any atom is -0.494 e. The first-order valence-electron chi connectivity index (χ1n) is 9.45. The molecule has 1 atom stereocenters. The zero-order valence-corrected chi connectivity index (χ0v) is 15.8. The minimum atomic E-state index is 0.0613. The van der Waals surface area contributed by atoms with Crippen molar-refractivity contribution in [2.24, 2.45) is 5.41 Å². The third-order valence-electron chi connectivity index (χ3n) is 4.54. The Bertz CT molecular complexity index is 545. The molecule has 0 bridgehead atoms. The smallest absolute Gasteiger partial charge is 0.251 e. The van der Waals surface area contributed by atoms with E-state index < -0.39 is 0 Å². The Morgan fingerprint density at radius 2 is 2.00 bits per heavy atom. The second-order valence-corrected chi connectivity index (χ2v) is 8.20. The Kier molecular flexibility index (Phi) is 6.70. The molecule has 1 aromatic rings. The van der Waals surface area contributed by atoms with Crippen molar-refractivity contribution in [3.8, 4) is 5.75 Å². The predicted molar refractivity (Wildman–Crippen MR) is 99.7 cm³/mol.